The number of rotatable bonds is 5. The molecule has 0 unspecified atom stereocenters. The number of hydrogen-bond donors (Lipinski definition) is 2. The van der Waals surface area contributed by atoms with Crippen LogP contribution >= 0.6 is 11.8 Å². The Hall–Kier alpha value is -2.81. The van der Waals surface area contributed by atoms with Crippen LogP contribution in [0.2, 0.25) is 0 Å². The molecule has 1 heterocycles. The van der Waals surface area contributed by atoms with E-state index in [1.165, 1.54) is 36.2 Å². The number of carbonyl (C=O) groups excluding carboxylic acids is 2. The van der Waals surface area contributed by atoms with Crippen LogP contribution in [-0.2, 0) is 4.79 Å². The number of nitro benzene ring substituents is 1. The Kier molecular flexibility index (Phi) is 5.15. The lowest BCUT2D eigenvalue weighted by Gasteiger charge is -2.05. The van der Waals surface area contributed by atoms with Crippen LogP contribution in [0.3, 0.4) is 0 Å². The number of furan rings is 1. The maximum atomic E-state index is 11.6. The molecular formula is C13H11N3O5S. The number of non-ortho nitro benzene ring substituents is 1. The van der Waals surface area contributed by atoms with E-state index < -0.39 is 16.7 Å². The first kappa shape index (κ1) is 15.6. The highest BCUT2D eigenvalue weighted by molar-refractivity contribution is 8.00. The first-order valence-corrected chi connectivity index (χ1v) is 7.05. The Morgan fingerprint density at radius 3 is 2.50 bits per heavy atom. The Balaban J connectivity index is 1.75. The van der Waals surface area contributed by atoms with Crippen molar-refractivity contribution in [1.29, 1.82) is 0 Å². The minimum absolute atomic E-state index is 0.0143. The van der Waals surface area contributed by atoms with E-state index in [2.05, 4.69) is 10.9 Å². The second kappa shape index (κ2) is 7.27. The van der Waals surface area contributed by atoms with Crippen molar-refractivity contribution in [2.75, 3.05) is 5.75 Å². The molecule has 0 aliphatic heterocycles. The number of thioether (sulfide) groups is 1. The van der Waals surface area contributed by atoms with Crippen LogP contribution in [0.15, 0.2) is 52.0 Å². The smallest absolute Gasteiger partial charge is 0.305 e. The number of hydrogen-bond acceptors (Lipinski definition) is 6. The zero-order chi connectivity index (χ0) is 15.9. The van der Waals surface area contributed by atoms with Crippen LogP contribution in [0.1, 0.15) is 10.6 Å². The van der Waals surface area contributed by atoms with Gasteiger partial charge in [0.15, 0.2) is 5.76 Å². The quantitative estimate of drug-likeness (QED) is 0.492. The summed E-state index contributed by atoms with van der Waals surface area (Å²) < 4.78 is 4.86. The van der Waals surface area contributed by atoms with Crippen LogP contribution < -0.4 is 10.9 Å². The van der Waals surface area contributed by atoms with Crippen LogP contribution in [0.4, 0.5) is 5.69 Å². The fourth-order valence-electron chi connectivity index (χ4n) is 1.44. The van der Waals surface area contributed by atoms with Gasteiger partial charge in [0.1, 0.15) is 0 Å². The van der Waals surface area contributed by atoms with E-state index in [0.29, 0.717) is 4.90 Å². The summed E-state index contributed by atoms with van der Waals surface area (Å²) in [5.74, 6) is -0.832. The van der Waals surface area contributed by atoms with Crippen LogP contribution in [0.5, 0.6) is 0 Å². The van der Waals surface area contributed by atoms with Crippen LogP contribution in [-0.4, -0.2) is 22.5 Å². The highest BCUT2D eigenvalue weighted by Gasteiger charge is 2.10. The second-order valence-electron chi connectivity index (χ2n) is 4.02. The maximum Gasteiger partial charge on any atom is 0.305 e. The Morgan fingerprint density at radius 1 is 1.18 bits per heavy atom. The van der Waals surface area contributed by atoms with Gasteiger partial charge in [0.25, 0.3) is 5.69 Å². The van der Waals surface area contributed by atoms with Gasteiger partial charge < -0.3 is 4.42 Å². The number of carbonyl (C=O) groups is 2. The predicted octanol–water partition coefficient (Wildman–Crippen LogP) is 1.74. The summed E-state index contributed by atoms with van der Waals surface area (Å²) in [7, 11) is 0. The van der Waals surface area contributed by atoms with E-state index in [1.807, 2.05) is 0 Å². The topological polar surface area (TPSA) is 114 Å². The van der Waals surface area contributed by atoms with Gasteiger partial charge in [-0.25, -0.2) is 0 Å². The number of nitrogens with one attached hydrogen (secondary N) is 2. The van der Waals surface area contributed by atoms with Crippen LogP contribution in [0, 0.1) is 10.1 Å². The zero-order valence-electron chi connectivity index (χ0n) is 11.1. The number of benzene rings is 1. The fraction of sp³-hybridized carbons (Fsp3) is 0.0769. The van der Waals surface area contributed by atoms with E-state index in [1.54, 1.807) is 18.2 Å². The first-order chi connectivity index (χ1) is 10.6. The minimum atomic E-state index is -0.557. The van der Waals surface area contributed by atoms with E-state index >= 15 is 0 Å². The molecule has 0 aliphatic carbocycles. The number of hydrazine groups is 1. The number of amides is 2. The summed E-state index contributed by atoms with van der Waals surface area (Å²) in [5.41, 5.74) is 4.44. The third-order valence-corrected chi connectivity index (χ3v) is 3.49. The molecule has 9 heteroatoms. The first-order valence-electron chi connectivity index (χ1n) is 6.06. The van der Waals surface area contributed by atoms with Gasteiger partial charge in [-0.15, -0.1) is 11.8 Å². The van der Waals surface area contributed by atoms with Gasteiger partial charge in [0.2, 0.25) is 5.91 Å². The van der Waals surface area contributed by atoms with Gasteiger partial charge in [0.05, 0.1) is 16.9 Å². The Labute approximate surface area is 129 Å². The molecule has 2 N–H and O–H groups in total. The van der Waals surface area contributed by atoms with Crippen molar-refractivity contribution in [3.8, 4) is 0 Å². The highest BCUT2D eigenvalue weighted by Crippen LogP contribution is 2.20. The summed E-state index contributed by atoms with van der Waals surface area (Å²) in [4.78, 5) is 33.8. The van der Waals surface area contributed by atoms with Crippen molar-refractivity contribution in [1.82, 2.24) is 10.9 Å². The van der Waals surface area contributed by atoms with Gasteiger partial charge in [-0.3, -0.25) is 30.6 Å². The normalized spacial score (nSPS) is 10.0. The van der Waals surface area contributed by atoms with Crippen molar-refractivity contribution in [3.63, 3.8) is 0 Å². The monoisotopic (exact) mass is 321 g/mol. The molecule has 0 saturated carbocycles. The fourth-order valence-corrected chi connectivity index (χ4v) is 2.14. The molecular weight excluding hydrogens is 310 g/mol. The molecule has 0 radical (unpaired) electrons. The number of nitrogens with zero attached hydrogens (tertiary/aromatic N) is 1. The van der Waals surface area contributed by atoms with Gasteiger partial charge in [0, 0.05) is 17.0 Å². The summed E-state index contributed by atoms with van der Waals surface area (Å²) in [5, 5.41) is 10.5. The van der Waals surface area contributed by atoms with E-state index in [0.717, 1.165) is 0 Å². The number of nitro groups is 1. The molecule has 0 spiro atoms. The molecule has 22 heavy (non-hydrogen) atoms. The third-order valence-electron chi connectivity index (χ3n) is 2.48. The molecule has 0 bridgehead atoms. The second-order valence-corrected chi connectivity index (χ2v) is 5.07. The van der Waals surface area contributed by atoms with Crippen molar-refractivity contribution < 1.29 is 18.9 Å². The third kappa shape index (κ3) is 4.35. The van der Waals surface area contributed by atoms with Gasteiger partial charge >= 0.3 is 5.91 Å². The summed E-state index contributed by atoms with van der Waals surface area (Å²) in [6.45, 7) is 0. The molecule has 1 aromatic carbocycles. The molecule has 2 rings (SSSR count). The van der Waals surface area contributed by atoms with Crippen LogP contribution in [0.25, 0.3) is 0 Å². The predicted molar refractivity (Wildman–Crippen MR) is 78.1 cm³/mol. The standard InChI is InChI=1S/C13H11N3O5S/c17-12(14-15-13(18)11-2-1-7-21-11)8-22-10-5-3-9(4-6-10)16(19)20/h1-7H,8H2,(H,14,17)(H,15,18). The molecule has 114 valence electrons. The lowest BCUT2D eigenvalue weighted by molar-refractivity contribution is -0.384. The lowest BCUT2D eigenvalue weighted by atomic mass is 10.3. The maximum absolute atomic E-state index is 11.6. The van der Waals surface area contributed by atoms with Crippen molar-refractivity contribution >= 4 is 29.3 Å². The van der Waals surface area contributed by atoms with Gasteiger partial charge in [-0.2, -0.15) is 0 Å². The molecule has 0 aliphatic rings. The Bertz CT molecular complexity index is 669. The van der Waals surface area contributed by atoms with Gasteiger partial charge in [-0.1, -0.05) is 0 Å². The summed E-state index contributed by atoms with van der Waals surface area (Å²) in [6.07, 6.45) is 1.35. The van der Waals surface area contributed by atoms with Crippen molar-refractivity contribution in [3.05, 3.63) is 58.5 Å². The highest BCUT2D eigenvalue weighted by atomic mass is 32.2. The molecule has 2 aromatic rings. The summed E-state index contributed by atoms with van der Waals surface area (Å²) in [6, 6.07) is 8.85. The van der Waals surface area contributed by atoms with Crippen molar-refractivity contribution in [2.24, 2.45) is 0 Å². The zero-order valence-corrected chi connectivity index (χ0v) is 12.0. The molecule has 0 fully saturated rings. The molecule has 8 nitrogen and oxygen atoms in total. The molecule has 0 saturated heterocycles. The average molecular weight is 321 g/mol. The van der Waals surface area contributed by atoms with Gasteiger partial charge in [-0.05, 0) is 24.3 Å². The molecule has 2 amide bonds. The van der Waals surface area contributed by atoms with E-state index in [-0.39, 0.29) is 17.2 Å². The van der Waals surface area contributed by atoms with Crippen molar-refractivity contribution in [2.45, 2.75) is 4.90 Å². The lowest BCUT2D eigenvalue weighted by Crippen LogP contribution is -2.42. The van der Waals surface area contributed by atoms with E-state index in [9.17, 15) is 19.7 Å². The minimum Gasteiger partial charge on any atom is -0.459 e. The van der Waals surface area contributed by atoms with E-state index in [4.69, 9.17) is 4.42 Å². The SMILES string of the molecule is O=C(CSc1ccc([N+](=O)[O-])cc1)NNC(=O)c1ccco1. The largest absolute Gasteiger partial charge is 0.459 e. The molecule has 0 atom stereocenters. The Morgan fingerprint density at radius 2 is 1.91 bits per heavy atom. The summed E-state index contributed by atoms with van der Waals surface area (Å²) >= 11 is 1.19. The average Bonchev–Trinajstić information content (AvgIpc) is 3.05. The molecule has 1 aromatic heterocycles.